The highest BCUT2D eigenvalue weighted by atomic mass is 32.2. The van der Waals surface area contributed by atoms with Gasteiger partial charge in [-0.25, -0.2) is 12.7 Å². The maximum atomic E-state index is 11.6. The molecule has 0 radical (unpaired) electrons. The monoisotopic (exact) mass is 326 g/mol. The van der Waals surface area contributed by atoms with E-state index in [1.165, 1.54) is 38.4 Å². The Kier molecular flexibility index (Phi) is 4.02. The van der Waals surface area contributed by atoms with Gasteiger partial charge in [0.1, 0.15) is 0 Å². The lowest BCUT2D eigenvalue weighted by molar-refractivity contribution is 0.193. The van der Waals surface area contributed by atoms with Crippen molar-refractivity contribution in [1.29, 1.82) is 0 Å². The maximum absolute atomic E-state index is 11.6. The third-order valence-electron chi connectivity index (χ3n) is 7.14. The minimum absolute atomic E-state index is 0.663. The van der Waals surface area contributed by atoms with Crippen LogP contribution in [0, 0.1) is 29.6 Å². The highest BCUT2D eigenvalue weighted by molar-refractivity contribution is 7.88. The minimum Gasteiger partial charge on any atom is -0.313 e. The van der Waals surface area contributed by atoms with Gasteiger partial charge >= 0.3 is 0 Å². The Morgan fingerprint density at radius 3 is 2.45 bits per heavy atom. The van der Waals surface area contributed by atoms with Gasteiger partial charge in [0.05, 0.1) is 6.26 Å². The fourth-order valence-electron chi connectivity index (χ4n) is 6.07. The average molecular weight is 327 g/mol. The van der Waals surface area contributed by atoms with E-state index < -0.39 is 10.0 Å². The van der Waals surface area contributed by atoms with Crippen molar-refractivity contribution in [2.24, 2.45) is 29.6 Å². The predicted molar refractivity (Wildman–Crippen MR) is 88.0 cm³/mol. The summed E-state index contributed by atoms with van der Waals surface area (Å²) in [6.07, 6.45) is 10.7. The van der Waals surface area contributed by atoms with Crippen LogP contribution >= 0.6 is 0 Å². The van der Waals surface area contributed by atoms with Gasteiger partial charge in [0.25, 0.3) is 0 Å². The van der Waals surface area contributed by atoms with E-state index in [0.717, 1.165) is 49.1 Å². The van der Waals surface area contributed by atoms with Crippen molar-refractivity contribution in [1.82, 2.24) is 9.62 Å². The number of sulfonamides is 1. The molecule has 5 atom stereocenters. The van der Waals surface area contributed by atoms with Gasteiger partial charge in [0.15, 0.2) is 0 Å². The van der Waals surface area contributed by atoms with E-state index >= 15 is 0 Å². The molecule has 0 aromatic carbocycles. The fraction of sp³-hybridized carbons (Fsp3) is 1.00. The first-order valence-electron chi connectivity index (χ1n) is 9.21. The SMILES string of the molecule is CS(=O)(=O)N1CCC(CN[C@@H]2C[C@H]3C[C@H]2[C@@H]2CCC[C@@H]32)CC1. The standard InChI is InChI=1S/C17H30N2O2S/c1-22(20,21)19-7-5-12(6-8-19)11-18-17-10-13-9-16(17)15-4-2-3-14(13)15/h12-18H,2-11H2,1H3/t13-,14+,15-,16+,17-/m1/s1. The largest absolute Gasteiger partial charge is 0.313 e. The molecule has 0 amide bonds. The van der Waals surface area contributed by atoms with Crippen molar-refractivity contribution in [3.63, 3.8) is 0 Å². The molecule has 22 heavy (non-hydrogen) atoms. The summed E-state index contributed by atoms with van der Waals surface area (Å²) in [5.74, 6) is 4.73. The number of nitrogens with zero attached hydrogens (tertiary/aromatic N) is 1. The highest BCUT2D eigenvalue weighted by Gasteiger charge is 2.53. The summed E-state index contributed by atoms with van der Waals surface area (Å²) in [6, 6.07) is 0.761. The third-order valence-corrected chi connectivity index (χ3v) is 8.44. The van der Waals surface area contributed by atoms with Gasteiger partial charge in [-0.15, -0.1) is 0 Å². The zero-order valence-electron chi connectivity index (χ0n) is 13.7. The lowest BCUT2D eigenvalue weighted by Crippen LogP contribution is -2.44. The molecule has 1 heterocycles. The number of piperidine rings is 1. The second-order valence-electron chi connectivity index (χ2n) is 8.27. The summed E-state index contributed by atoms with van der Waals surface area (Å²) < 4.78 is 24.8. The van der Waals surface area contributed by atoms with Crippen molar-refractivity contribution in [2.45, 2.75) is 51.0 Å². The van der Waals surface area contributed by atoms with Crippen LogP contribution in [0.25, 0.3) is 0 Å². The lowest BCUT2D eigenvalue weighted by Gasteiger charge is -2.35. The van der Waals surface area contributed by atoms with Gasteiger partial charge in [0.2, 0.25) is 10.0 Å². The van der Waals surface area contributed by atoms with Gasteiger partial charge in [-0.2, -0.15) is 0 Å². The highest BCUT2D eigenvalue weighted by Crippen LogP contribution is 2.58. The van der Waals surface area contributed by atoms with Gasteiger partial charge < -0.3 is 5.32 Å². The van der Waals surface area contributed by atoms with Crippen LogP contribution in [0.2, 0.25) is 0 Å². The van der Waals surface area contributed by atoms with E-state index in [1.807, 2.05) is 0 Å². The van der Waals surface area contributed by atoms with Gasteiger partial charge in [-0.05, 0) is 74.7 Å². The molecule has 2 bridgehead atoms. The summed E-state index contributed by atoms with van der Waals surface area (Å²) in [5, 5.41) is 3.88. The molecule has 4 nitrogen and oxygen atoms in total. The molecule has 3 saturated carbocycles. The topological polar surface area (TPSA) is 49.4 Å². The van der Waals surface area contributed by atoms with Crippen LogP contribution in [-0.2, 0) is 10.0 Å². The summed E-state index contributed by atoms with van der Waals surface area (Å²) in [7, 11) is -2.98. The van der Waals surface area contributed by atoms with E-state index in [4.69, 9.17) is 0 Å². The molecule has 1 aliphatic heterocycles. The molecule has 4 aliphatic rings. The molecule has 1 saturated heterocycles. The first-order valence-corrected chi connectivity index (χ1v) is 11.1. The van der Waals surface area contributed by atoms with Crippen molar-refractivity contribution in [3.05, 3.63) is 0 Å². The molecular formula is C17H30N2O2S. The van der Waals surface area contributed by atoms with Crippen LogP contribution in [0.5, 0.6) is 0 Å². The zero-order chi connectivity index (χ0) is 15.3. The number of hydrogen-bond donors (Lipinski definition) is 1. The first kappa shape index (κ1) is 15.4. The quantitative estimate of drug-likeness (QED) is 0.860. The molecule has 0 spiro atoms. The summed E-state index contributed by atoms with van der Waals surface area (Å²) in [5.41, 5.74) is 0. The van der Waals surface area contributed by atoms with Crippen LogP contribution in [0.15, 0.2) is 0 Å². The van der Waals surface area contributed by atoms with Crippen LogP contribution in [0.4, 0.5) is 0 Å². The predicted octanol–water partition coefficient (Wildman–Crippen LogP) is 2.07. The van der Waals surface area contributed by atoms with Gasteiger partial charge in [0, 0.05) is 19.1 Å². The Morgan fingerprint density at radius 2 is 1.73 bits per heavy atom. The zero-order valence-corrected chi connectivity index (χ0v) is 14.5. The van der Waals surface area contributed by atoms with Crippen molar-refractivity contribution in [3.8, 4) is 0 Å². The molecule has 4 rings (SSSR count). The molecule has 0 aromatic heterocycles. The van der Waals surface area contributed by atoms with Crippen LogP contribution < -0.4 is 5.32 Å². The van der Waals surface area contributed by atoms with E-state index in [1.54, 1.807) is 4.31 Å². The number of fused-ring (bicyclic) bond motifs is 5. The molecule has 3 aliphatic carbocycles. The Balaban J connectivity index is 1.25. The third kappa shape index (κ3) is 2.73. The van der Waals surface area contributed by atoms with Crippen LogP contribution in [0.1, 0.15) is 44.9 Å². The molecule has 1 N–H and O–H groups in total. The number of rotatable bonds is 4. The second-order valence-corrected chi connectivity index (χ2v) is 10.3. The average Bonchev–Trinajstić information content (AvgIpc) is 3.17. The molecule has 0 unspecified atom stereocenters. The summed E-state index contributed by atoms with van der Waals surface area (Å²) in [4.78, 5) is 0. The van der Waals surface area contributed by atoms with Crippen LogP contribution in [-0.4, -0.2) is 44.7 Å². The molecular weight excluding hydrogens is 296 g/mol. The minimum atomic E-state index is -2.98. The van der Waals surface area contributed by atoms with E-state index in [0.29, 0.717) is 19.0 Å². The Labute approximate surface area is 135 Å². The fourth-order valence-corrected chi connectivity index (χ4v) is 6.94. The van der Waals surface area contributed by atoms with E-state index in [2.05, 4.69) is 5.32 Å². The van der Waals surface area contributed by atoms with E-state index in [9.17, 15) is 8.42 Å². The molecule has 0 aromatic rings. The molecule has 4 fully saturated rings. The summed E-state index contributed by atoms with van der Waals surface area (Å²) in [6.45, 7) is 2.53. The van der Waals surface area contributed by atoms with Crippen molar-refractivity contribution < 1.29 is 8.42 Å². The van der Waals surface area contributed by atoms with E-state index in [-0.39, 0.29) is 0 Å². The number of nitrogens with one attached hydrogen (secondary N) is 1. The lowest BCUT2D eigenvalue weighted by atomic mass is 9.79. The smallest absolute Gasteiger partial charge is 0.211 e. The Morgan fingerprint density at radius 1 is 1.00 bits per heavy atom. The maximum Gasteiger partial charge on any atom is 0.211 e. The van der Waals surface area contributed by atoms with Gasteiger partial charge in [-0.1, -0.05) is 6.42 Å². The van der Waals surface area contributed by atoms with Gasteiger partial charge in [-0.3, -0.25) is 0 Å². The van der Waals surface area contributed by atoms with Crippen molar-refractivity contribution >= 4 is 10.0 Å². The Hall–Kier alpha value is -0.130. The summed E-state index contributed by atoms with van der Waals surface area (Å²) >= 11 is 0. The Bertz CT molecular complexity index is 513. The van der Waals surface area contributed by atoms with Crippen molar-refractivity contribution in [2.75, 3.05) is 25.9 Å². The molecule has 5 heteroatoms. The number of hydrogen-bond acceptors (Lipinski definition) is 3. The molecule has 126 valence electrons. The second kappa shape index (κ2) is 5.75. The van der Waals surface area contributed by atoms with Crippen LogP contribution in [0.3, 0.4) is 0 Å². The first-order chi connectivity index (χ1) is 10.5. The normalized spacial score (nSPS) is 42.9.